The normalized spacial score (nSPS) is 18.9. The van der Waals surface area contributed by atoms with Crippen LogP contribution in [0.15, 0.2) is 59.8 Å². The highest BCUT2D eigenvalue weighted by Crippen LogP contribution is 2.48. The number of aromatic nitrogens is 1. The van der Waals surface area contributed by atoms with Gasteiger partial charge in [0.15, 0.2) is 11.6 Å². The Balaban J connectivity index is 1.44. The third-order valence-corrected chi connectivity index (χ3v) is 8.71. The minimum atomic E-state index is -0.850. The number of benzene rings is 2. The van der Waals surface area contributed by atoms with Crippen LogP contribution < -0.4 is 9.47 Å². The lowest BCUT2D eigenvalue weighted by Crippen LogP contribution is -2.42. The quantitative estimate of drug-likeness (QED) is 0.0676. The summed E-state index contributed by atoms with van der Waals surface area (Å²) in [6, 6.07) is 12.8. The number of nitro groups is 1. The maximum absolute atomic E-state index is 13.4. The van der Waals surface area contributed by atoms with E-state index in [1.54, 1.807) is 19.3 Å². The van der Waals surface area contributed by atoms with Gasteiger partial charge in [0.2, 0.25) is 5.52 Å². The molecule has 1 fully saturated rings. The van der Waals surface area contributed by atoms with Crippen molar-refractivity contribution >= 4 is 50.6 Å². The third kappa shape index (κ3) is 4.76. The van der Waals surface area contributed by atoms with E-state index in [2.05, 4.69) is 30.9 Å². The van der Waals surface area contributed by atoms with Crippen LogP contribution in [0.5, 0.6) is 0 Å². The van der Waals surface area contributed by atoms with Crippen LogP contribution in [-0.2, 0) is 31.0 Å². The molecule has 1 aliphatic carbocycles. The smallest absolute Gasteiger partial charge is 0.271 e. The number of aryl methyl sites for hydroxylation is 1. The Morgan fingerprint density at radius 1 is 1.12 bits per heavy atom. The average Bonchev–Trinajstić information content (AvgIpc) is 3.40. The molecule has 9 nitrogen and oxygen atoms in total. The highest BCUT2D eigenvalue weighted by Gasteiger charge is 2.47. The number of hydrogen-bond acceptors (Lipinski definition) is 8. The summed E-state index contributed by atoms with van der Waals surface area (Å²) in [7, 11) is 1.63. The molecule has 3 aromatic rings. The summed E-state index contributed by atoms with van der Waals surface area (Å²) < 4.78 is 13.5. The number of methoxy groups -OCH3 is 1. The van der Waals surface area contributed by atoms with E-state index >= 15 is 0 Å². The Morgan fingerprint density at radius 3 is 2.58 bits per heavy atom. The van der Waals surface area contributed by atoms with E-state index in [0.29, 0.717) is 37.9 Å². The maximum Gasteiger partial charge on any atom is 0.271 e. The Kier molecular flexibility index (Phi) is 7.67. The second-order valence-corrected chi connectivity index (χ2v) is 11.4. The van der Waals surface area contributed by atoms with Crippen LogP contribution in [0, 0.1) is 16.0 Å². The Labute approximate surface area is 236 Å². The van der Waals surface area contributed by atoms with E-state index in [-0.39, 0.29) is 22.8 Å². The maximum atomic E-state index is 13.4. The molecule has 0 unspecified atom stereocenters. The largest absolute Gasteiger partial charge is 0.382 e. The molecule has 2 aliphatic rings. The topological polar surface area (TPSA) is 103 Å². The number of rotatable bonds is 10. The van der Waals surface area contributed by atoms with Crippen LogP contribution in [0.25, 0.3) is 16.3 Å². The predicted octanol–water partition coefficient (Wildman–Crippen LogP) is 4.61. The number of ether oxygens (including phenoxy) is 2. The highest BCUT2D eigenvalue weighted by atomic mass is 32.1. The monoisotopic (exact) mass is 562 g/mol. The van der Waals surface area contributed by atoms with E-state index < -0.39 is 16.3 Å². The minimum Gasteiger partial charge on any atom is -0.382 e. The minimum absolute atomic E-state index is 0.00696. The van der Waals surface area contributed by atoms with Crippen LogP contribution in [0.4, 0.5) is 11.4 Å². The van der Waals surface area contributed by atoms with Gasteiger partial charge in [-0.05, 0) is 24.6 Å². The molecule has 0 saturated heterocycles. The van der Waals surface area contributed by atoms with Gasteiger partial charge in [-0.3, -0.25) is 19.7 Å². The van der Waals surface area contributed by atoms with Gasteiger partial charge in [-0.25, -0.2) is 0 Å². The summed E-state index contributed by atoms with van der Waals surface area (Å²) in [5.41, 5.74) is 3.70. The van der Waals surface area contributed by atoms with E-state index in [9.17, 15) is 19.7 Å². The van der Waals surface area contributed by atoms with Gasteiger partial charge < -0.3 is 14.4 Å². The molecule has 10 heteroatoms. The number of carbonyl (C=O) groups is 2. The molecule has 1 saturated carbocycles. The molecule has 0 radical (unpaired) electrons. The van der Waals surface area contributed by atoms with E-state index in [1.807, 2.05) is 29.7 Å². The van der Waals surface area contributed by atoms with Crippen molar-refractivity contribution < 1.29 is 28.6 Å². The molecular weight excluding hydrogens is 530 g/mol. The first-order valence-electron chi connectivity index (χ1n) is 13.3. The number of fused-ring (bicyclic) bond motifs is 2. The molecule has 40 heavy (non-hydrogen) atoms. The SMILES string of the molecule is CC[n+]1c(C=C2C(=O)C(C=C3N(CCOCCOC)c4ccccc4C3(C)C)C2=O)sc2cc([N+](=O)[O-])ccc21. The van der Waals surface area contributed by atoms with Crippen molar-refractivity contribution in [2.75, 3.05) is 38.4 Å². The Bertz CT molecular complexity index is 1550. The Hall–Kier alpha value is -3.73. The number of Topliss-reactive ketones (excluding diaryl/α,β-unsaturated/α-hetero) is 2. The fourth-order valence-corrected chi connectivity index (χ4v) is 6.70. The van der Waals surface area contributed by atoms with Crippen molar-refractivity contribution in [2.24, 2.45) is 5.92 Å². The van der Waals surface area contributed by atoms with Gasteiger partial charge in [0.25, 0.3) is 10.7 Å². The fourth-order valence-electron chi connectivity index (χ4n) is 5.50. The number of non-ortho nitro benzene ring substituents is 1. The second kappa shape index (κ2) is 11.0. The average molecular weight is 563 g/mol. The zero-order chi connectivity index (χ0) is 28.6. The zero-order valence-corrected chi connectivity index (χ0v) is 23.8. The van der Waals surface area contributed by atoms with Crippen molar-refractivity contribution in [1.29, 1.82) is 0 Å². The molecule has 0 amide bonds. The number of anilines is 1. The van der Waals surface area contributed by atoms with Gasteiger partial charge in [0.05, 0.1) is 30.3 Å². The lowest BCUT2D eigenvalue weighted by Gasteiger charge is -2.31. The van der Waals surface area contributed by atoms with Crippen LogP contribution in [0.3, 0.4) is 0 Å². The van der Waals surface area contributed by atoms with Crippen LogP contribution >= 0.6 is 11.3 Å². The van der Waals surface area contributed by atoms with E-state index in [0.717, 1.165) is 27.2 Å². The number of allylic oxidation sites excluding steroid dienone is 3. The van der Waals surface area contributed by atoms with Gasteiger partial charge >= 0.3 is 0 Å². The molecule has 2 aromatic carbocycles. The van der Waals surface area contributed by atoms with Crippen LogP contribution in [0.2, 0.25) is 0 Å². The van der Waals surface area contributed by atoms with Crippen molar-refractivity contribution in [2.45, 2.75) is 32.7 Å². The van der Waals surface area contributed by atoms with E-state index in [1.165, 1.54) is 23.5 Å². The summed E-state index contributed by atoms with van der Waals surface area (Å²) in [5.74, 6) is -1.28. The van der Waals surface area contributed by atoms with Crippen LogP contribution in [-0.4, -0.2) is 50.0 Å². The number of nitro benzene ring substituents is 1. The number of hydrogen-bond donors (Lipinski definition) is 0. The lowest BCUT2D eigenvalue weighted by atomic mass is 9.74. The van der Waals surface area contributed by atoms with E-state index in [4.69, 9.17) is 9.47 Å². The molecule has 0 spiro atoms. The first kappa shape index (κ1) is 27.8. The molecule has 0 N–H and O–H groups in total. The number of para-hydroxylation sites is 1. The molecule has 208 valence electrons. The van der Waals surface area contributed by atoms with Gasteiger partial charge in [-0.15, -0.1) is 0 Å². The molecule has 0 bridgehead atoms. The fraction of sp³-hybridized carbons (Fsp3) is 0.367. The molecule has 1 aromatic heterocycles. The summed E-state index contributed by atoms with van der Waals surface area (Å²) in [6.07, 6.45) is 3.45. The standard InChI is InChI=1S/C30H32N3O6S/c1-5-31-24-11-10-19(33(36)37)16-25(24)40-27(31)18-21-28(34)20(29(21)35)17-26-30(2,3)22-8-6-7-9-23(22)32(26)12-13-39-15-14-38-4/h6-11,16-18,20H,5,12-15H2,1-4H3/q+1. The Morgan fingerprint density at radius 2 is 1.88 bits per heavy atom. The van der Waals surface area contributed by atoms with Crippen molar-refractivity contribution in [3.05, 3.63) is 80.5 Å². The summed E-state index contributed by atoms with van der Waals surface area (Å²) in [4.78, 5) is 39.7. The lowest BCUT2D eigenvalue weighted by molar-refractivity contribution is -0.665. The van der Waals surface area contributed by atoms with Gasteiger partial charge in [0.1, 0.15) is 17.2 Å². The van der Waals surface area contributed by atoms with Gasteiger partial charge in [-0.1, -0.05) is 43.4 Å². The summed E-state index contributed by atoms with van der Waals surface area (Å²) >= 11 is 1.33. The molecule has 2 heterocycles. The van der Waals surface area contributed by atoms with Crippen LogP contribution in [0.1, 0.15) is 31.3 Å². The number of carbonyl (C=O) groups excluding carboxylic acids is 2. The van der Waals surface area contributed by atoms with Gasteiger partial charge in [-0.2, -0.15) is 4.57 Å². The van der Waals surface area contributed by atoms with Crippen molar-refractivity contribution in [3.63, 3.8) is 0 Å². The highest BCUT2D eigenvalue weighted by molar-refractivity contribution is 7.19. The summed E-state index contributed by atoms with van der Waals surface area (Å²) in [5, 5.41) is 11.9. The first-order valence-corrected chi connectivity index (χ1v) is 14.1. The molecular formula is C30H32N3O6S+. The van der Waals surface area contributed by atoms with Gasteiger partial charge in [0, 0.05) is 54.7 Å². The predicted molar refractivity (Wildman–Crippen MR) is 153 cm³/mol. The first-order chi connectivity index (χ1) is 19.2. The second-order valence-electron chi connectivity index (χ2n) is 10.3. The number of nitrogens with zero attached hydrogens (tertiary/aromatic N) is 3. The number of thiazole rings is 1. The summed E-state index contributed by atoms with van der Waals surface area (Å²) in [6.45, 7) is 8.83. The van der Waals surface area contributed by atoms with Crippen molar-refractivity contribution in [1.82, 2.24) is 0 Å². The molecule has 5 rings (SSSR count). The molecule has 0 atom stereocenters. The number of ketones is 2. The zero-order valence-electron chi connectivity index (χ0n) is 23.0. The molecule has 1 aliphatic heterocycles. The van der Waals surface area contributed by atoms with Crippen molar-refractivity contribution in [3.8, 4) is 0 Å². The third-order valence-electron chi connectivity index (χ3n) is 7.62.